The second-order valence-electron chi connectivity index (χ2n) is 6.56. The van der Waals surface area contributed by atoms with Gasteiger partial charge in [0.1, 0.15) is 5.54 Å². The highest BCUT2D eigenvalue weighted by Gasteiger charge is 2.57. The highest BCUT2D eigenvalue weighted by molar-refractivity contribution is 5.95. The molecule has 0 aromatic carbocycles. The predicted molar refractivity (Wildman–Crippen MR) is 82.6 cm³/mol. The molecule has 3 N–H and O–H groups in total. The molecule has 1 aliphatic carbocycles. The Labute approximate surface area is 131 Å². The van der Waals surface area contributed by atoms with Gasteiger partial charge in [0.2, 0.25) is 11.8 Å². The van der Waals surface area contributed by atoms with Crippen LogP contribution in [0.3, 0.4) is 0 Å². The Morgan fingerprint density at radius 2 is 1.95 bits per heavy atom. The van der Waals surface area contributed by atoms with Crippen LogP contribution in [0.25, 0.3) is 0 Å². The van der Waals surface area contributed by atoms with E-state index in [1.165, 1.54) is 6.92 Å². The summed E-state index contributed by atoms with van der Waals surface area (Å²) in [6.07, 6.45) is 2.37. The molecule has 1 fully saturated rings. The average molecular weight is 310 g/mol. The molecule has 124 valence electrons. The molecule has 0 spiro atoms. The fraction of sp³-hybridized carbons (Fsp3) is 0.688. The quantitative estimate of drug-likeness (QED) is 0.588. The summed E-state index contributed by atoms with van der Waals surface area (Å²) in [5.41, 5.74) is 3.89. The zero-order valence-corrected chi connectivity index (χ0v) is 13.8. The summed E-state index contributed by atoms with van der Waals surface area (Å²) in [5.74, 6) is -2.50. The smallest absolute Gasteiger partial charge is 0.311 e. The Kier molecular flexibility index (Phi) is 5.38. The molecular formula is C16H26N2O4. The molecule has 1 aliphatic rings. The van der Waals surface area contributed by atoms with E-state index in [1.807, 2.05) is 13.8 Å². The largest absolute Gasteiger partial charge is 0.466 e. The van der Waals surface area contributed by atoms with Crippen LogP contribution in [-0.2, 0) is 19.1 Å². The standard InChI is InChI=1S/C16H26N2O4/c1-6-11-8-16(14(17)21,18-10(3)19)12(9-15(11,4)5)13(20)22-7-2/h6,11-12H,1,7-9H2,2-5H3,(H2,17,21)(H,18,19). The molecule has 6 nitrogen and oxygen atoms in total. The number of esters is 1. The summed E-state index contributed by atoms with van der Waals surface area (Å²) in [5, 5.41) is 2.62. The number of amides is 2. The zero-order valence-electron chi connectivity index (χ0n) is 13.8. The minimum atomic E-state index is -1.44. The molecule has 3 unspecified atom stereocenters. The number of hydrogen-bond acceptors (Lipinski definition) is 4. The Bertz CT molecular complexity index is 487. The average Bonchev–Trinajstić information content (AvgIpc) is 2.39. The first-order valence-electron chi connectivity index (χ1n) is 7.48. The van der Waals surface area contributed by atoms with Crippen LogP contribution in [0.2, 0.25) is 0 Å². The number of hydrogen-bond donors (Lipinski definition) is 2. The van der Waals surface area contributed by atoms with Crippen LogP contribution in [0.4, 0.5) is 0 Å². The van der Waals surface area contributed by atoms with E-state index >= 15 is 0 Å². The maximum atomic E-state index is 12.4. The van der Waals surface area contributed by atoms with Crippen molar-refractivity contribution in [1.82, 2.24) is 5.32 Å². The molecule has 2 amide bonds. The molecule has 22 heavy (non-hydrogen) atoms. The Balaban J connectivity index is 3.36. The van der Waals surface area contributed by atoms with Crippen molar-refractivity contribution >= 4 is 17.8 Å². The van der Waals surface area contributed by atoms with Crippen LogP contribution in [0.1, 0.15) is 40.5 Å². The summed E-state index contributed by atoms with van der Waals surface area (Å²) in [6.45, 7) is 11.0. The van der Waals surface area contributed by atoms with E-state index in [9.17, 15) is 14.4 Å². The van der Waals surface area contributed by atoms with Crippen molar-refractivity contribution in [3.63, 3.8) is 0 Å². The fourth-order valence-electron chi connectivity index (χ4n) is 3.33. The van der Waals surface area contributed by atoms with E-state index in [4.69, 9.17) is 10.5 Å². The van der Waals surface area contributed by atoms with Crippen LogP contribution >= 0.6 is 0 Å². The lowest BCUT2D eigenvalue weighted by molar-refractivity contribution is -0.161. The summed E-state index contributed by atoms with van der Waals surface area (Å²) >= 11 is 0. The number of carbonyl (C=O) groups excluding carboxylic acids is 3. The first kappa shape index (κ1) is 18.2. The third-order valence-corrected chi connectivity index (χ3v) is 4.57. The molecule has 6 heteroatoms. The summed E-state index contributed by atoms with van der Waals surface area (Å²) < 4.78 is 5.11. The highest BCUT2D eigenvalue weighted by Crippen LogP contribution is 2.48. The van der Waals surface area contributed by atoms with Gasteiger partial charge in [-0.15, -0.1) is 6.58 Å². The van der Waals surface area contributed by atoms with Crippen molar-refractivity contribution in [2.75, 3.05) is 6.61 Å². The highest BCUT2D eigenvalue weighted by atomic mass is 16.5. The zero-order chi connectivity index (χ0) is 17.1. The number of allylic oxidation sites excluding steroid dienone is 1. The number of ether oxygens (including phenoxy) is 1. The van der Waals surface area contributed by atoms with Gasteiger partial charge in [-0.1, -0.05) is 19.9 Å². The monoisotopic (exact) mass is 310 g/mol. The van der Waals surface area contributed by atoms with E-state index in [1.54, 1.807) is 13.0 Å². The lowest BCUT2D eigenvalue weighted by atomic mass is 9.57. The van der Waals surface area contributed by atoms with Crippen molar-refractivity contribution in [2.45, 2.75) is 46.1 Å². The molecular weight excluding hydrogens is 284 g/mol. The number of rotatable bonds is 5. The molecule has 0 aliphatic heterocycles. The predicted octanol–water partition coefficient (Wildman–Crippen LogP) is 1.15. The third-order valence-electron chi connectivity index (χ3n) is 4.57. The Morgan fingerprint density at radius 3 is 2.36 bits per heavy atom. The van der Waals surface area contributed by atoms with E-state index in [0.717, 1.165) is 0 Å². The van der Waals surface area contributed by atoms with Gasteiger partial charge in [0.25, 0.3) is 0 Å². The minimum absolute atomic E-state index is 0.0578. The first-order valence-corrected chi connectivity index (χ1v) is 7.48. The number of primary amides is 1. The maximum absolute atomic E-state index is 12.4. The summed E-state index contributed by atoms with van der Waals surface area (Å²) in [4.78, 5) is 36.2. The molecule has 0 aromatic rings. The summed E-state index contributed by atoms with van der Waals surface area (Å²) in [6, 6.07) is 0. The van der Waals surface area contributed by atoms with Gasteiger partial charge in [-0.05, 0) is 31.1 Å². The molecule has 0 bridgehead atoms. The van der Waals surface area contributed by atoms with Gasteiger partial charge in [0.05, 0.1) is 12.5 Å². The Hall–Kier alpha value is -1.85. The molecule has 0 radical (unpaired) electrons. The third kappa shape index (κ3) is 3.31. The van der Waals surface area contributed by atoms with Gasteiger partial charge < -0.3 is 15.8 Å². The van der Waals surface area contributed by atoms with Crippen molar-refractivity contribution in [3.05, 3.63) is 12.7 Å². The van der Waals surface area contributed by atoms with Crippen molar-refractivity contribution < 1.29 is 19.1 Å². The van der Waals surface area contributed by atoms with E-state index in [2.05, 4.69) is 11.9 Å². The van der Waals surface area contributed by atoms with Crippen LogP contribution < -0.4 is 11.1 Å². The van der Waals surface area contributed by atoms with Crippen LogP contribution in [-0.4, -0.2) is 29.9 Å². The number of carbonyl (C=O) groups is 3. The first-order chi connectivity index (χ1) is 10.1. The van der Waals surface area contributed by atoms with E-state index in [0.29, 0.717) is 6.42 Å². The molecule has 3 atom stereocenters. The molecule has 0 saturated heterocycles. The number of nitrogens with one attached hydrogen (secondary N) is 1. The Morgan fingerprint density at radius 1 is 1.36 bits per heavy atom. The molecule has 1 saturated carbocycles. The lowest BCUT2D eigenvalue weighted by Gasteiger charge is -2.50. The van der Waals surface area contributed by atoms with Crippen molar-refractivity contribution in [3.8, 4) is 0 Å². The molecule has 0 aromatic heterocycles. The van der Waals surface area contributed by atoms with Gasteiger partial charge >= 0.3 is 5.97 Å². The van der Waals surface area contributed by atoms with Crippen molar-refractivity contribution in [2.24, 2.45) is 23.0 Å². The van der Waals surface area contributed by atoms with Crippen molar-refractivity contribution in [1.29, 1.82) is 0 Å². The second kappa shape index (κ2) is 6.50. The lowest BCUT2D eigenvalue weighted by Crippen LogP contribution is -2.67. The minimum Gasteiger partial charge on any atom is -0.466 e. The van der Waals surface area contributed by atoms with E-state index in [-0.39, 0.29) is 24.4 Å². The van der Waals surface area contributed by atoms with E-state index < -0.39 is 29.2 Å². The van der Waals surface area contributed by atoms with Crippen LogP contribution in [0.5, 0.6) is 0 Å². The van der Waals surface area contributed by atoms with Gasteiger partial charge in [0, 0.05) is 6.92 Å². The molecule has 1 rings (SSSR count). The fourth-order valence-corrected chi connectivity index (χ4v) is 3.33. The van der Waals surface area contributed by atoms with Gasteiger partial charge in [-0.2, -0.15) is 0 Å². The maximum Gasteiger partial charge on any atom is 0.311 e. The summed E-state index contributed by atoms with van der Waals surface area (Å²) in [7, 11) is 0. The normalized spacial score (nSPS) is 30.2. The second-order valence-corrected chi connectivity index (χ2v) is 6.56. The SMILES string of the molecule is C=CC1CC(NC(C)=O)(C(N)=O)C(C(=O)OCC)CC1(C)C. The van der Waals surface area contributed by atoms with Gasteiger partial charge in [-0.25, -0.2) is 0 Å². The van der Waals surface area contributed by atoms with Crippen LogP contribution in [0, 0.1) is 17.3 Å². The van der Waals surface area contributed by atoms with Gasteiger partial charge in [0.15, 0.2) is 0 Å². The topological polar surface area (TPSA) is 98.5 Å². The van der Waals surface area contributed by atoms with Crippen LogP contribution in [0.15, 0.2) is 12.7 Å². The number of nitrogens with two attached hydrogens (primary N) is 1. The van der Waals surface area contributed by atoms with Gasteiger partial charge in [-0.3, -0.25) is 14.4 Å². The molecule has 0 heterocycles.